The van der Waals surface area contributed by atoms with Gasteiger partial charge in [-0.25, -0.2) is 0 Å². The predicted octanol–water partition coefficient (Wildman–Crippen LogP) is 5.95. The van der Waals surface area contributed by atoms with Gasteiger partial charge in [-0.1, -0.05) is 91.0 Å². The van der Waals surface area contributed by atoms with Crippen LogP contribution in [0.3, 0.4) is 0 Å². The van der Waals surface area contributed by atoms with E-state index in [0.717, 1.165) is 6.61 Å². The molecule has 0 aromatic heterocycles. The molecule has 0 saturated carbocycles. The SMILES string of the molecule is CCOC(=O)CC(=O)c1ccccc1.CCOC(=O)CC(=O)c1ccccc1.CCOC(=O)CC(=O)c1ccccc1.CC[O][Zr]. The van der Waals surface area contributed by atoms with E-state index in [0.29, 0.717) is 36.5 Å². The number of hydrogen-bond donors (Lipinski definition) is 0. The van der Waals surface area contributed by atoms with Gasteiger partial charge >= 0.3 is 59.4 Å². The van der Waals surface area contributed by atoms with E-state index in [1.807, 2.05) is 25.1 Å². The van der Waals surface area contributed by atoms with Gasteiger partial charge in [0.2, 0.25) is 0 Å². The van der Waals surface area contributed by atoms with Crippen molar-refractivity contribution in [2.45, 2.75) is 47.0 Å². The summed E-state index contributed by atoms with van der Waals surface area (Å²) in [7, 11) is 0. The Bertz CT molecular complexity index is 1150. The zero-order valence-electron chi connectivity index (χ0n) is 26.7. The molecule has 245 valence electrons. The van der Waals surface area contributed by atoms with Crippen LogP contribution in [0, 0.1) is 0 Å². The van der Waals surface area contributed by atoms with Crippen molar-refractivity contribution < 1.29 is 71.0 Å². The number of rotatable bonds is 13. The van der Waals surface area contributed by atoms with E-state index in [-0.39, 0.29) is 36.6 Å². The summed E-state index contributed by atoms with van der Waals surface area (Å²) >= 11 is 1.17. The third-order valence-corrected chi connectivity index (χ3v) is 5.97. The van der Waals surface area contributed by atoms with Gasteiger partial charge in [-0.05, 0) is 20.8 Å². The van der Waals surface area contributed by atoms with Crippen LogP contribution in [0.4, 0.5) is 0 Å². The van der Waals surface area contributed by atoms with Crippen molar-refractivity contribution in [1.29, 1.82) is 0 Å². The Morgan fingerprint density at radius 1 is 0.435 bits per heavy atom. The molecule has 3 rings (SSSR count). The third-order valence-electron chi connectivity index (χ3n) is 5.26. The Balaban J connectivity index is 0.000000623. The summed E-state index contributed by atoms with van der Waals surface area (Å²) in [5.41, 5.74) is 1.63. The minimum atomic E-state index is -0.471. The first kappa shape index (κ1) is 41.9. The molecule has 11 heteroatoms. The molecule has 0 aliphatic rings. The molecule has 0 N–H and O–H groups in total. The van der Waals surface area contributed by atoms with Crippen molar-refractivity contribution in [1.82, 2.24) is 0 Å². The van der Waals surface area contributed by atoms with Crippen LogP contribution in [0.25, 0.3) is 0 Å². The number of hydrogen-bond acceptors (Lipinski definition) is 10. The fraction of sp³-hybridized carbons (Fsp3) is 0.314. The van der Waals surface area contributed by atoms with E-state index < -0.39 is 17.9 Å². The van der Waals surface area contributed by atoms with Gasteiger partial charge in [0.1, 0.15) is 19.3 Å². The standard InChI is InChI=1S/3C11H12O3.C2H5O.Zr/c3*1-2-14-11(13)8-10(12)9-6-4-3-5-7-9;1-2-3;/h3*3-7H,2,8H2,1H3;2H2,1H3;/q;;;-1;+1. The molecular formula is C35H41O10Zr. The molecule has 0 fully saturated rings. The summed E-state index contributed by atoms with van der Waals surface area (Å²) in [4.78, 5) is 67.2. The number of benzene rings is 3. The zero-order chi connectivity index (χ0) is 34.6. The minimum absolute atomic E-state index is 0.183. The molecule has 3 aromatic rings. The Morgan fingerprint density at radius 3 is 0.826 bits per heavy atom. The van der Waals surface area contributed by atoms with Gasteiger partial charge in [0.15, 0.2) is 17.3 Å². The molecule has 0 spiro atoms. The van der Waals surface area contributed by atoms with E-state index in [2.05, 4.69) is 17.0 Å². The number of ketones is 3. The van der Waals surface area contributed by atoms with Gasteiger partial charge in [-0.2, -0.15) is 0 Å². The van der Waals surface area contributed by atoms with Crippen LogP contribution < -0.4 is 0 Å². The van der Waals surface area contributed by atoms with E-state index in [1.54, 1.807) is 93.6 Å². The number of carbonyl (C=O) groups is 6. The van der Waals surface area contributed by atoms with Crippen LogP contribution in [0.1, 0.15) is 78.0 Å². The van der Waals surface area contributed by atoms with Gasteiger partial charge in [-0.3, -0.25) is 28.8 Å². The first-order chi connectivity index (χ1) is 22.1. The summed E-state index contributed by atoms with van der Waals surface area (Å²) in [5, 5.41) is 0. The molecule has 0 heterocycles. The molecule has 10 nitrogen and oxygen atoms in total. The first-order valence-electron chi connectivity index (χ1n) is 14.6. The maximum atomic E-state index is 11.4. The average Bonchev–Trinajstić information content (AvgIpc) is 3.07. The molecule has 0 aliphatic carbocycles. The third kappa shape index (κ3) is 20.8. The van der Waals surface area contributed by atoms with Crippen LogP contribution >= 0.6 is 0 Å². The predicted molar refractivity (Wildman–Crippen MR) is 168 cm³/mol. The summed E-state index contributed by atoms with van der Waals surface area (Å²) in [6.45, 7) is 8.90. The normalized spacial score (nSPS) is 9.28. The quantitative estimate of drug-likeness (QED) is 0.0904. The number of carbonyl (C=O) groups excluding carboxylic acids is 6. The molecule has 0 aliphatic heterocycles. The summed E-state index contributed by atoms with van der Waals surface area (Å²) < 4.78 is 18.7. The summed E-state index contributed by atoms with van der Waals surface area (Å²) in [6.07, 6.45) is -0.548. The summed E-state index contributed by atoms with van der Waals surface area (Å²) in [5.74, 6) is -2.03. The van der Waals surface area contributed by atoms with Gasteiger partial charge in [-0.15, -0.1) is 0 Å². The van der Waals surface area contributed by atoms with Crippen LogP contribution in [0.15, 0.2) is 91.0 Å². The Kier molecular flexibility index (Phi) is 24.8. The Hall–Kier alpha value is -4.08. The van der Waals surface area contributed by atoms with Crippen LogP contribution in [0.2, 0.25) is 0 Å². The molecule has 0 bridgehead atoms. The van der Waals surface area contributed by atoms with Gasteiger partial charge in [0, 0.05) is 16.7 Å². The Labute approximate surface area is 286 Å². The molecule has 3 aromatic carbocycles. The van der Waals surface area contributed by atoms with Gasteiger partial charge in [0.05, 0.1) is 19.8 Å². The second kappa shape index (κ2) is 27.3. The van der Waals surface area contributed by atoms with E-state index in [9.17, 15) is 28.8 Å². The molecular weight excluding hydrogens is 672 g/mol. The molecule has 0 saturated heterocycles. The monoisotopic (exact) mass is 711 g/mol. The van der Waals surface area contributed by atoms with Crippen LogP contribution in [-0.4, -0.2) is 61.7 Å². The average molecular weight is 713 g/mol. The molecule has 46 heavy (non-hydrogen) atoms. The van der Waals surface area contributed by atoms with Crippen LogP contribution in [-0.2, 0) is 56.6 Å². The first-order valence-corrected chi connectivity index (χ1v) is 15.6. The van der Waals surface area contributed by atoms with Crippen LogP contribution in [0.5, 0.6) is 0 Å². The van der Waals surface area contributed by atoms with Crippen molar-refractivity contribution in [2.75, 3.05) is 26.4 Å². The fourth-order valence-electron chi connectivity index (χ4n) is 3.21. The number of Topliss-reactive ketones (excluding diaryl/α,β-unsaturated/α-hetero) is 3. The zero-order valence-corrected chi connectivity index (χ0v) is 29.2. The molecule has 0 amide bonds. The van der Waals surface area contributed by atoms with Crippen molar-refractivity contribution >= 4 is 35.3 Å². The van der Waals surface area contributed by atoms with Gasteiger partial charge in [0.25, 0.3) is 0 Å². The molecule has 0 unspecified atom stereocenters. The summed E-state index contributed by atoms with van der Waals surface area (Å²) in [6, 6.07) is 26.1. The topological polar surface area (TPSA) is 139 Å². The number of esters is 3. The van der Waals surface area contributed by atoms with E-state index >= 15 is 0 Å². The van der Waals surface area contributed by atoms with Crippen molar-refractivity contribution in [3.63, 3.8) is 0 Å². The fourth-order valence-corrected chi connectivity index (χ4v) is 3.21. The second-order valence-electron chi connectivity index (χ2n) is 8.75. The van der Waals surface area contributed by atoms with Crippen molar-refractivity contribution in [3.05, 3.63) is 108 Å². The second-order valence-corrected chi connectivity index (χ2v) is 9.46. The van der Waals surface area contributed by atoms with Crippen molar-refractivity contribution in [2.24, 2.45) is 0 Å². The van der Waals surface area contributed by atoms with E-state index in [1.165, 1.54) is 25.2 Å². The Morgan fingerprint density at radius 2 is 0.652 bits per heavy atom. The van der Waals surface area contributed by atoms with Gasteiger partial charge < -0.3 is 14.2 Å². The van der Waals surface area contributed by atoms with E-state index in [4.69, 9.17) is 0 Å². The number of ether oxygens (including phenoxy) is 3. The van der Waals surface area contributed by atoms with Crippen molar-refractivity contribution in [3.8, 4) is 0 Å². The molecule has 0 radical (unpaired) electrons. The maximum absolute atomic E-state index is 11.4. The molecule has 0 atom stereocenters.